The number of carboxylic acid groups (broad SMARTS) is 1. The van der Waals surface area contributed by atoms with Crippen LogP contribution >= 0.6 is 11.8 Å². The molecule has 4 nitrogen and oxygen atoms in total. The highest BCUT2D eigenvalue weighted by Crippen LogP contribution is 2.28. The average molecular weight is 329 g/mol. The second-order valence-electron chi connectivity index (χ2n) is 5.87. The number of benzene rings is 1. The Hall–Kier alpha value is -0.690. The maximum atomic E-state index is 12.3. The lowest BCUT2D eigenvalue weighted by Gasteiger charge is -2.32. The van der Waals surface area contributed by atoms with E-state index in [0.29, 0.717) is 5.56 Å². The van der Waals surface area contributed by atoms with E-state index < -0.39 is 27.6 Å². The molecule has 0 aliphatic carbocycles. The van der Waals surface area contributed by atoms with Crippen molar-refractivity contribution in [3.63, 3.8) is 0 Å². The molecule has 1 rings (SSSR count). The lowest BCUT2D eigenvalue weighted by atomic mass is 9.93. The molecule has 118 valence electrons. The smallest absolute Gasteiger partial charge is 0.332 e. The average Bonchev–Trinajstić information content (AvgIpc) is 2.38. The number of carboxylic acids is 1. The monoisotopic (exact) mass is 329 g/mol. The Balaban J connectivity index is 3.07. The zero-order valence-electron chi connectivity index (χ0n) is 13.1. The van der Waals surface area contributed by atoms with Crippen molar-refractivity contribution in [3.8, 4) is 0 Å². The molecule has 2 atom stereocenters. The lowest BCUT2D eigenvalue weighted by molar-refractivity contribution is -0.143. The van der Waals surface area contributed by atoms with Crippen LogP contribution in [-0.2, 0) is 21.7 Å². The number of carbonyl (C=O) groups is 1. The first-order valence-corrected chi connectivity index (χ1v) is 8.91. The Morgan fingerprint density at radius 2 is 1.81 bits per heavy atom. The Labute approximate surface area is 134 Å². The van der Waals surface area contributed by atoms with E-state index in [1.807, 2.05) is 12.1 Å². The minimum atomic E-state index is -1.47. The molecule has 0 aliphatic rings. The molecule has 0 aliphatic heterocycles. The number of aliphatic carboxylic acids is 1. The maximum absolute atomic E-state index is 12.3. The van der Waals surface area contributed by atoms with Gasteiger partial charge in [0.2, 0.25) is 0 Å². The van der Waals surface area contributed by atoms with E-state index in [1.54, 1.807) is 51.6 Å². The molecule has 0 fully saturated rings. The van der Waals surface area contributed by atoms with Crippen LogP contribution in [0.5, 0.6) is 0 Å². The molecule has 1 aromatic carbocycles. The summed E-state index contributed by atoms with van der Waals surface area (Å²) in [6, 6.07) is 7.34. The van der Waals surface area contributed by atoms with Crippen molar-refractivity contribution in [1.82, 2.24) is 4.72 Å². The van der Waals surface area contributed by atoms with Crippen molar-refractivity contribution in [2.24, 2.45) is 0 Å². The van der Waals surface area contributed by atoms with Gasteiger partial charge in [0.05, 0.1) is 0 Å². The normalized spacial score (nSPS) is 16.3. The lowest BCUT2D eigenvalue weighted by Crippen LogP contribution is -2.54. The van der Waals surface area contributed by atoms with Crippen LogP contribution in [0.25, 0.3) is 0 Å². The molecule has 0 bridgehead atoms. The molecule has 1 aromatic rings. The first-order valence-electron chi connectivity index (χ1n) is 6.77. The van der Waals surface area contributed by atoms with E-state index in [1.165, 1.54) is 0 Å². The zero-order valence-corrected chi connectivity index (χ0v) is 14.7. The van der Waals surface area contributed by atoms with Gasteiger partial charge in [-0.05, 0) is 51.1 Å². The van der Waals surface area contributed by atoms with Crippen LogP contribution in [0.15, 0.2) is 29.2 Å². The summed E-state index contributed by atoms with van der Waals surface area (Å²) >= 11 is 0.221. The summed E-state index contributed by atoms with van der Waals surface area (Å²) in [5.41, 5.74) is -0.791. The number of rotatable bonds is 6. The molecule has 0 radical (unpaired) electrons. The summed E-state index contributed by atoms with van der Waals surface area (Å²) in [5, 5.41) is 9.57. The van der Waals surface area contributed by atoms with Gasteiger partial charge in [0.25, 0.3) is 0 Å². The zero-order chi connectivity index (χ0) is 16.3. The van der Waals surface area contributed by atoms with Crippen molar-refractivity contribution in [3.05, 3.63) is 29.8 Å². The van der Waals surface area contributed by atoms with Gasteiger partial charge in [-0.15, -0.1) is 16.5 Å². The van der Waals surface area contributed by atoms with E-state index in [-0.39, 0.29) is 0 Å². The van der Waals surface area contributed by atoms with Crippen molar-refractivity contribution in [2.75, 3.05) is 5.75 Å². The standard InChI is InChI=1S/C15H23NO3S2/c1-6-20-12-9-7-11(8-10-12)15(5,13(17)18)16-21(19)14(2,3)4/h7-10,16H,6H2,1-5H3,(H,17,18). The fourth-order valence-corrected chi connectivity index (χ4v) is 3.16. The minimum absolute atomic E-state index is 0.533. The summed E-state index contributed by atoms with van der Waals surface area (Å²) in [6.07, 6.45) is 0. The van der Waals surface area contributed by atoms with Crippen molar-refractivity contribution >= 4 is 29.1 Å². The Morgan fingerprint density at radius 3 is 2.19 bits per heavy atom. The van der Waals surface area contributed by atoms with E-state index in [9.17, 15) is 14.5 Å². The van der Waals surface area contributed by atoms with E-state index >= 15 is 0 Å². The van der Waals surface area contributed by atoms with Crippen LogP contribution < -0.4 is 4.72 Å². The third kappa shape index (κ3) is 4.64. The second-order valence-corrected chi connectivity index (χ2v) is 9.17. The fraction of sp³-hybridized carbons (Fsp3) is 0.533. The topological polar surface area (TPSA) is 72.4 Å². The first-order chi connectivity index (χ1) is 9.61. The van der Waals surface area contributed by atoms with Crippen molar-refractivity contribution in [1.29, 1.82) is 0 Å². The van der Waals surface area contributed by atoms with Gasteiger partial charge in [0.1, 0.15) is 4.75 Å². The highest BCUT2D eigenvalue weighted by molar-refractivity contribution is 7.99. The third-order valence-electron chi connectivity index (χ3n) is 3.02. The fourth-order valence-electron chi connectivity index (χ4n) is 1.62. The van der Waals surface area contributed by atoms with Gasteiger partial charge in [-0.1, -0.05) is 19.1 Å². The Kier molecular flexibility index (Phi) is 6.16. The number of nitrogens with one attached hydrogen (secondary N) is 1. The van der Waals surface area contributed by atoms with Crippen LogP contribution in [0.3, 0.4) is 0 Å². The molecule has 0 spiro atoms. The predicted molar refractivity (Wildman–Crippen MR) is 88.9 cm³/mol. The van der Waals surface area contributed by atoms with Gasteiger partial charge in [0, 0.05) is 16.3 Å². The Morgan fingerprint density at radius 1 is 1.29 bits per heavy atom. The summed E-state index contributed by atoms with van der Waals surface area (Å²) in [6.45, 7) is 9.02. The van der Waals surface area contributed by atoms with Crippen LogP contribution in [0.4, 0.5) is 0 Å². The Bertz CT molecular complexity index is 485. The van der Waals surface area contributed by atoms with Gasteiger partial charge in [-0.25, -0.2) is 4.79 Å². The van der Waals surface area contributed by atoms with Crippen LogP contribution in [0.2, 0.25) is 0 Å². The summed E-state index contributed by atoms with van der Waals surface area (Å²) in [5.74, 6) is -0.0852. The van der Waals surface area contributed by atoms with E-state index in [0.717, 1.165) is 10.6 Å². The molecular formula is C15H23NO3S2. The third-order valence-corrected chi connectivity index (χ3v) is 5.62. The van der Waals surface area contributed by atoms with Crippen LogP contribution in [0, 0.1) is 0 Å². The molecule has 0 saturated heterocycles. The first kappa shape index (κ1) is 18.4. The molecule has 21 heavy (non-hydrogen) atoms. The maximum Gasteiger partial charge on any atom is 0.332 e. The molecule has 2 unspecified atom stereocenters. The largest absolute Gasteiger partial charge is 0.598 e. The summed E-state index contributed by atoms with van der Waals surface area (Å²) in [4.78, 5) is 12.8. The van der Waals surface area contributed by atoms with Gasteiger partial charge >= 0.3 is 5.97 Å². The second kappa shape index (κ2) is 7.05. The highest BCUT2D eigenvalue weighted by Gasteiger charge is 2.42. The van der Waals surface area contributed by atoms with E-state index in [2.05, 4.69) is 11.6 Å². The van der Waals surface area contributed by atoms with Gasteiger partial charge < -0.3 is 9.66 Å². The number of hydrogen-bond acceptors (Lipinski definition) is 4. The number of hydrogen-bond donors (Lipinski definition) is 2. The minimum Gasteiger partial charge on any atom is -0.598 e. The van der Waals surface area contributed by atoms with Crippen molar-refractivity contribution < 1.29 is 14.5 Å². The molecule has 0 aromatic heterocycles. The molecule has 0 saturated carbocycles. The predicted octanol–water partition coefficient (Wildman–Crippen LogP) is 3.15. The van der Waals surface area contributed by atoms with E-state index in [4.69, 9.17) is 0 Å². The van der Waals surface area contributed by atoms with Crippen LogP contribution in [0.1, 0.15) is 40.2 Å². The van der Waals surface area contributed by atoms with Crippen molar-refractivity contribution in [2.45, 2.75) is 49.8 Å². The van der Waals surface area contributed by atoms with Crippen LogP contribution in [-0.4, -0.2) is 26.1 Å². The van der Waals surface area contributed by atoms with Gasteiger partial charge in [0.15, 0.2) is 5.54 Å². The molecule has 0 amide bonds. The summed E-state index contributed by atoms with van der Waals surface area (Å²) in [7, 11) is 0. The molecule has 6 heteroatoms. The molecular weight excluding hydrogens is 306 g/mol. The summed E-state index contributed by atoms with van der Waals surface area (Å²) < 4.78 is 14.5. The molecule has 0 heterocycles. The SMILES string of the molecule is CCSc1ccc(C(C)(N[S+]([O-])C(C)(C)C)C(=O)O)cc1. The highest BCUT2D eigenvalue weighted by atomic mass is 32.2. The number of thioether (sulfide) groups is 1. The quantitative estimate of drug-likeness (QED) is 0.619. The van der Waals surface area contributed by atoms with Gasteiger partial charge in [-0.3, -0.25) is 0 Å². The van der Waals surface area contributed by atoms with Gasteiger partial charge in [-0.2, -0.15) is 0 Å². The molecule has 2 N–H and O–H groups in total.